The number of likely N-dealkylation sites (N-methyl/N-ethyl adjacent to an activating group) is 1. The van der Waals surface area contributed by atoms with Gasteiger partial charge in [0.25, 0.3) is 0 Å². The highest BCUT2D eigenvalue weighted by Gasteiger charge is 2.52. The van der Waals surface area contributed by atoms with Gasteiger partial charge in [0.05, 0.1) is 25.8 Å². The van der Waals surface area contributed by atoms with Crippen LogP contribution in [0.3, 0.4) is 0 Å². The van der Waals surface area contributed by atoms with Crippen LogP contribution in [0.4, 0.5) is 0 Å². The summed E-state index contributed by atoms with van der Waals surface area (Å²) in [4.78, 5) is 44.5. The molecule has 3 atom stereocenters. The van der Waals surface area contributed by atoms with Crippen LogP contribution in [0.2, 0.25) is 0 Å². The van der Waals surface area contributed by atoms with Gasteiger partial charge in [-0.1, -0.05) is 91.0 Å². The van der Waals surface area contributed by atoms with Crippen LogP contribution in [0, 0.1) is 0 Å². The highest BCUT2D eigenvalue weighted by molar-refractivity contribution is 5.92. The summed E-state index contributed by atoms with van der Waals surface area (Å²) in [5.41, 5.74) is 3.05. The van der Waals surface area contributed by atoms with Crippen molar-refractivity contribution < 1.29 is 19.1 Å². The van der Waals surface area contributed by atoms with Gasteiger partial charge >= 0.3 is 0 Å². The number of amides is 3. The molecule has 2 aliphatic rings. The number of fused-ring (bicyclic) bond motifs is 1. The molecule has 8 nitrogen and oxygen atoms in total. The van der Waals surface area contributed by atoms with Crippen molar-refractivity contribution in [2.24, 2.45) is 0 Å². The van der Waals surface area contributed by atoms with Gasteiger partial charge < -0.3 is 14.5 Å². The molecule has 2 saturated heterocycles. The standard InChI is InChI=1S/C32H36N4O4/c1-24(40-23-27-16-10-5-11-17-27)31-32(39)34(20-26-14-8-4-9-15-26)21-28-35(31)30(38)22-33(2)36(28)29(37)19-18-25-12-6-3-7-13-25/h3-17,24,28,31H,18-23H2,1-2H3/t24-,28-,31-/m0/s1. The fraction of sp³-hybridized carbons (Fsp3) is 0.344. The summed E-state index contributed by atoms with van der Waals surface area (Å²) in [5.74, 6) is -0.442. The van der Waals surface area contributed by atoms with Crippen LogP contribution < -0.4 is 0 Å². The molecule has 0 spiro atoms. The molecule has 8 heteroatoms. The first-order valence-corrected chi connectivity index (χ1v) is 13.8. The second kappa shape index (κ2) is 12.4. The number of aryl methyl sites for hydroxylation is 1. The number of piperazine rings is 1. The van der Waals surface area contributed by atoms with Crippen molar-refractivity contribution in [3.63, 3.8) is 0 Å². The van der Waals surface area contributed by atoms with Crippen molar-refractivity contribution in [2.45, 2.75) is 51.2 Å². The molecule has 0 bridgehead atoms. The summed E-state index contributed by atoms with van der Waals surface area (Å²) in [6, 6.07) is 28.6. The van der Waals surface area contributed by atoms with Gasteiger partial charge in [0.15, 0.2) is 0 Å². The minimum atomic E-state index is -0.850. The van der Waals surface area contributed by atoms with Gasteiger partial charge in [-0.05, 0) is 30.0 Å². The lowest BCUT2D eigenvalue weighted by molar-refractivity contribution is -0.209. The molecule has 2 fully saturated rings. The fourth-order valence-electron chi connectivity index (χ4n) is 5.60. The summed E-state index contributed by atoms with van der Waals surface area (Å²) in [6.45, 7) is 2.78. The van der Waals surface area contributed by atoms with Crippen LogP contribution in [0.25, 0.3) is 0 Å². The van der Waals surface area contributed by atoms with E-state index < -0.39 is 18.3 Å². The number of hydrazine groups is 1. The van der Waals surface area contributed by atoms with E-state index >= 15 is 0 Å². The molecule has 0 unspecified atom stereocenters. The van der Waals surface area contributed by atoms with E-state index in [1.54, 1.807) is 26.9 Å². The lowest BCUT2D eigenvalue weighted by Crippen LogP contribution is -2.76. The van der Waals surface area contributed by atoms with Crippen LogP contribution in [-0.4, -0.2) is 76.0 Å². The molecule has 2 heterocycles. The largest absolute Gasteiger partial charge is 0.371 e. The Balaban J connectivity index is 1.42. The van der Waals surface area contributed by atoms with E-state index in [0.29, 0.717) is 26.0 Å². The van der Waals surface area contributed by atoms with E-state index in [0.717, 1.165) is 16.7 Å². The Morgan fingerprint density at radius 3 is 2.08 bits per heavy atom. The zero-order valence-electron chi connectivity index (χ0n) is 23.1. The van der Waals surface area contributed by atoms with Crippen molar-refractivity contribution >= 4 is 17.7 Å². The van der Waals surface area contributed by atoms with Crippen molar-refractivity contribution in [1.29, 1.82) is 0 Å². The number of nitrogens with zero attached hydrogens (tertiary/aromatic N) is 4. The van der Waals surface area contributed by atoms with Gasteiger partial charge in [-0.3, -0.25) is 19.4 Å². The maximum Gasteiger partial charge on any atom is 0.248 e. The smallest absolute Gasteiger partial charge is 0.248 e. The number of ether oxygens (including phenoxy) is 1. The Labute approximate surface area is 235 Å². The molecule has 0 N–H and O–H groups in total. The Morgan fingerprint density at radius 1 is 0.875 bits per heavy atom. The Kier molecular flexibility index (Phi) is 8.57. The average Bonchev–Trinajstić information content (AvgIpc) is 2.97. The normalized spacial score (nSPS) is 20.4. The molecule has 0 radical (unpaired) electrons. The Hall–Kier alpha value is -4.01. The molecule has 208 valence electrons. The molecule has 40 heavy (non-hydrogen) atoms. The summed E-state index contributed by atoms with van der Waals surface area (Å²) in [6.07, 6.45) is -0.312. The van der Waals surface area contributed by atoms with Crippen LogP contribution >= 0.6 is 0 Å². The first kappa shape index (κ1) is 27.6. The van der Waals surface area contributed by atoms with Crippen LogP contribution in [0.1, 0.15) is 30.0 Å². The van der Waals surface area contributed by atoms with Gasteiger partial charge in [-0.2, -0.15) is 0 Å². The molecule has 0 aromatic heterocycles. The topological polar surface area (TPSA) is 73.4 Å². The number of carbonyl (C=O) groups excluding carboxylic acids is 3. The van der Waals surface area contributed by atoms with E-state index in [2.05, 4.69) is 0 Å². The summed E-state index contributed by atoms with van der Waals surface area (Å²) < 4.78 is 6.20. The molecule has 3 aromatic rings. The average molecular weight is 541 g/mol. The third kappa shape index (κ3) is 6.08. The third-order valence-electron chi connectivity index (χ3n) is 7.61. The van der Waals surface area contributed by atoms with Gasteiger partial charge in [0, 0.05) is 20.0 Å². The Bertz CT molecular complexity index is 1300. The zero-order valence-corrected chi connectivity index (χ0v) is 23.1. The van der Waals surface area contributed by atoms with Crippen molar-refractivity contribution in [3.8, 4) is 0 Å². The summed E-state index contributed by atoms with van der Waals surface area (Å²) in [7, 11) is 1.76. The highest BCUT2D eigenvalue weighted by atomic mass is 16.5. The van der Waals surface area contributed by atoms with Gasteiger partial charge in [-0.25, -0.2) is 5.01 Å². The maximum atomic E-state index is 14.0. The van der Waals surface area contributed by atoms with Crippen LogP contribution in [0.15, 0.2) is 91.0 Å². The van der Waals surface area contributed by atoms with E-state index in [-0.39, 0.29) is 30.8 Å². The second-order valence-electron chi connectivity index (χ2n) is 10.5. The lowest BCUT2D eigenvalue weighted by Gasteiger charge is -2.55. The lowest BCUT2D eigenvalue weighted by atomic mass is 10.0. The van der Waals surface area contributed by atoms with E-state index in [1.165, 1.54) is 0 Å². The highest BCUT2D eigenvalue weighted by Crippen LogP contribution is 2.30. The minimum Gasteiger partial charge on any atom is -0.371 e. The summed E-state index contributed by atoms with van der Waals surface area (Å²) in [5, 5.41) is 3.37. The first-order valence-electron chi connectivity index (χ1n) is 13.8. The Morgan fingerprint density at radius 2 is 1.45 bits per heavy atom. The van der Waals surface area contributed by atoms with E-state index in [4.69, 9.17) is 4.74 Å². The predicted octanol–water partition coefficient (Wildman–Crippen LogP) is 3.48. The molecule has 2 aliphatic heterocycles. The van der Waals surface area contributed by atoms with E-state index in [9.17, 15) is 14.4 Å². The number of hydrogen-bond acceptors (Lipinski definition) is 5. The molecule has 0 aliphatic carbocycles. The monoisotopic (exact) mass is 540 g/mol. The number of rotatable bonds is 9. The molecule has 3 aromatic carbocycles. The first-order chi connectivity index (χ1) is 19.4. The van der Waals surface area contributed by atoms with Crippen molar-refractivity contribution in [3.05, 3.63) is 108 Å². The van der Waals surface area contributed by atoms with Crippen molar-refractivity contribution in [2.75, 3.05) is 20.1 Å². The van der Waals surface area contributed by atoms with Crippen LogP contribution in [-0.2, 0) is 38.7 Å². The van der Waals surface area contributed by atoms with Crippen molar-refractivity contribution in [1.82, 2.24) is 19.8 Å². The quantitative estimate of drug-likeness (QED) is 0.416. The van der Waals surface area contributed by atoms with Gasteiger partial charge in [0.1, 0.15) is 12.2 Å². The summed E-state index contributed by atoms with van der Waals surface area (Å²) >= 11 is 0. The zero-order chi connectivity index (χ0) is 28.1. The van der Waals surface area contributed by atoms with Gasteiger partial charge in [-0.15, -0.1) is 0 Å². The molecular formula is C32H36N4O4. The van der Waals surface area contributed by atoms with E-state index in [1.807, 2.05) is 97.9 Å². The number of benzene rings is 3. The minimum absolute atomic E-state index is 0.0153. The predicted molar refractivity (Wildman–Crippen MR) is 151 cm³/mol. The van der Waals surface area contributed by atoms with Crippen LogP contribution in [0.5, 0.6) is 0 Å². The fourth-order valence-corrected chi connectivity index (χ4v) is 5.60. The molecule has 0 saturated carbocycles. The molecular weight excluding hydrogens is 504 g/mol. The SMILES string of the molecule is C[C@H](OCc1ccccc1)[C@H]1C(=O)N(Cc2ccccc2)C[C@H]2N1C(=O)CN(C)N2C(=O)CCc1ccccc1. The number of carbonyl (C=O) groups is 3. The molecule has 5 rings (SSSR count). The number of hydrogen-bond donors (Lipinski definition) is 0. The maximum absolute atomic E-state index is 14.0. The molecule has 3 amide bonds. The second-order valence-corrected chi connectivity index (χ2v) is 10.5. The third-order valence-corrected chi connectivity index (χ3v) is 7.61. The van der Waals surface area contributed by atoms with Gasteiger partial charge in [0.2, 0.25) is 17.7 Å².